The minimum atomic E-state index is -1.47. The molecule has 1 fully saturated rings. The Labute approximate surface area is 181 Å². The van der Waals surface area contributed by atoms with Gasteiger partial charge in [0.15, 0.2) is 0 Å². The van der Waals surface area contributed by atoms with Gasteiger partial charge in [-0.05, 0) is 55.1 Å². The summed E-state index contributed by atoms with van der Waals surface area (Å²) < 4.78 is 24.8. The molecule has 2 aromatic carbocycles. The lowest BCUT2D eigenvalue weighted by molar-refractivity contribution is -0.225. The second-order valence-corrected chi connectivity index (χ2v) is 8.02. The zero-order chi connectivity index (χ0) is 22.0. The lowest BCUT2D eigenvalue weighted by atomic mass is 9.92. The summed E-state index contributed by atoms with van der Waals surface area (Å²) in [4.78, 5) is 24.6. The van der Waals surface area contributed by atoms with Crippen LogP contribution in [0.5, 0.6) is 0 Å². The highest BCUT2D eigenvalue weighted by Crippen LogP contribution is 2.40. The van der Waals surface area contributed by atoms with Crippen molar-refractivity contribution in [1.29, 1.82) is 0 Å². The van der Waals surface area contributed by atoms with Gasteiger partial charge in [0.1, 0.15) is 5.82 Å². The predicted octanol–water partition coefficient (Wildman–Crippen LogP) is 3.74. The van der Waals surface area contributed by atoms with E-state index in [1.54, 1.807) is 12.1 Å². The van der Waals surface area contributed by atoms with Gasteiger partial charge >= 0.3 is 11.9 Å². The lowest BCUT2D eigenvalue weighted by Crippen LogP contribution is -2.43. The second kappa shape index (κ2) is 8.67. The summed E-state index contributed by atoms with van der Waals surface area (Å²) in [6.07, 6.45) is 1.50. The van der Waals surface area contributed by atoms with Gasteiger partial charge in [0.05, 0.1) is 19.4 Å². The first-order chi connectivity index (χ1) is 14.9. The van der Waals surface area contributed by atoms with E-state index in [2.05, 4.69) is 17.6 Å². The number of aryl methyl sites for hydroxylation is 1. The van der Waals surface area contributed by atoms with Crippen molar-refractivity contribution in [3.05, 3.63) is 64.5 Å². The predicted molar refractivity (Wildman–Crippen MR) is 114 cm³/mol. The van der Waals surface area contributed by atoms with Crippen LogP contribution < -0.4 is 10.6 Å². The van der Waals surface area contributed by atoms with Crippen LogP contribution in [0.4, 0.5) is 10.1 Å². The van der Waals surface area contributed by atoms with Gasteiger partial charge < -0.3 is 20.1 Å². The van der Waals surface area contributed by atoms with Gasteiger partial charge in [-0.1, -0.05) is 31.2 Å². The summed E-state index contributed by atoms with van der Waals surface area (Å²) in [5, 5.41) is 6.84. The van der Waals surface area contributed by atoms with Crippen LogP contribution in [0.15, 0.2) is 36.4 Å². The highest BCUT2D eigenvalue weighted by Gasteiger charge is 2.46. The summed E-state index contributed by atoms with van der Waals surface area (Å²) in [6, 6.07) is 10.2. The molecule has 0 aromatic heterocycles. The van der Waals surface area contributed by atoms with Crippen molar-refractivity contribution >= 4 is 17.6 Å². The van der Waals surface area contributed by atoms with Crippen molar-refractivity contribution in [3.63, 3.8) is 0 Å². The first-order valence-corrected chi connectivity index (χ1v) is 10.7. The minimum Gasteiger partial charge on any atom is -0.416 e. The molecule has 4 rings (SSSR count). The van der Waals surface area contributed by atoms with Crippen LogP contribution in [0, 0.1) is 5.82 Å². The van der Waals surface area contributed by atoms with E-state index < -0.39 is 17.7 Å². The van der Waals surface area contributed by atoms with Crippen LogP contribution in [0.2, 0.25) is 0 Å². The summed E-state index contributed by atoms with van der Waals surface area (Å²) >= 11 is 0. The quantitative estimate of drug-likeness (QED) is 0.726. The van der Waals surface area contributed by atoms with E-state index in [9.17, 15) is 14.0 Å². The maximum Gasteiger partial charge on any atom is 0.309 e. The Kier molecular flexibility index (Phi) is 5.96. The number of esters is 2. The number of ether oxygens (including phenoxy) is 2. The largest absolute Gasteiger partial charge is 0.416 e. The number of carbonyl (C=O) groups excluding carboxylic acids is 2. The molecule has 2 heterocycles. The van der Waals surface area contributed by atoms with Crippen LogP contribution in [-0.2, 0) is 37.7 Å². The van der Waals surface area contributed by atoms with Crippen molar-refractivity contribution < 1.29 is 23.5 Å². The number of nitrogens with one attached hydrogen (secondary N) is 2. The van der Waals surface area contributed by atoms with Gasteiger partial charge in [-0.3, -0.25) is 9.59 Å². The van der Waals surface area contributed by atoms with Crippen LogP contribution in [0.25, 0.3) is 0 Å². The van der Waals surface area contributed by atoms with Gasteiger partial charge in [-0.25, -0.2) is 4.39 Å². The number of halogens is 1. The molecule has 0 amide bonds. The maximum absolute atomic E-state index is 13.4. The van der Waals surface area contributed by atoms with Crippen molar-refractivity contribution in [1.82, 2.24) is 5.32 Å². The highest BCUT2D eigenvalue weighted by atomic mass is 19.1. The number of hydrogen-bond donors (Lipinski definition) is 2. The molecule has 0 radical (unpaired) electrons. The van der Waals surface area contributed by atoms with E-state index in [1.165, 1.54) is 12.1 Å². The molecule has 0 bridgehead atoms. The molecule has 0 aliphatic carbocycles. The molecule has 164 valence electrons. The fourth-order valence-corrected chi connectivity index (χ4v) is 4.28. The molecular formula is C24H27FN2O4. The Bertz CT molecular complexity index is 972. The summed E-state index contributed by atoms with van der Waals surface area (Å²) in [6.45, 7) is 4.95. The number of hydrogen-bond acceptors (Lipinski definition) is 6. The van der Waals surface area contributed by atoms with Crippen molar-refractivity contribution in [3.8, 4) is 0 Å². The van der Waals surface area contributed by atoms with Crippen molar-refractivity contribution in [2.45, 2.75) is 51.4 Å². The van der Waals surface area contributed by atoms with E-state index >= 15 is 0 Å². The van der Waals surface area contributed by atoms with Gasteiger partial charge in [0.25, 0.3) is 5.79 Å². The maximum atomic E-state index is 13.4. The van der Waals surface area contributed by atoms with E-state index in [-0.39, 0.29) is 31.2 Å². The number of carbonyl (C=O) groups is 2. The van der Waals surface area contributed by atoms with Crippen LogP contribution in [0.1, 0.15) is 55.0 Å². The first kappa shape index (κ1) is 21.3. The van der Waals surface area contributed by atoms with Crippen molar-refractivity contribution in [2.75, 3.05) is 18.4 Å². The molecule has 1 saturated heterocycles. The summed E-state index contributed by atoms with van der Waals surface area (Å²) in [5.74, 6) is -2.65. The van der Waals surface area contributed by atoms with Crippen LogP contribution in [0.3, 0.4) is 0 Å². The lowest BCUT2D eigenvalue weighted by Gasteiger charge is -2.33. The molecule has 2 aromatic rings. The van der Waals surface area contributed by atoms with Crippen LogP contribution in [-0.4, -0.2) is 25.0 Å². The van der Waals surface area contributed by atoms with Gasteiger partial charge in [-0.15, -0.1) is 0 Å². The van der Waals surface area contributed by atoms with E-state index in [0.29, 0.717) is 18.5 Å². The molecule has 0 saturated carbocycles. The highest BCUT2D eigenvalue weighted by molar-refractivity contribution is 5.80. The molecule has 7 heteroatoms. The standard InChI is InChI=1S/C24H27FN2O4/c1-3-16-6-9-20-19(23(16)27-15(2)17-4-7-18(25)8-5-17)12-13-26-14-24(20)30-21(28)10-11-22(29)31-24/h4-9,15,26-27H,3,10-14H2,1-2H3/t15-/m0/s1. The van der Waals surface area contributed by atoms with Crippen LogP contribution >= 0.6 is 0 Å². The Morgan fingerprint density at radius 3 is 2.39 bits per heavy atom. The zero-order valence-electron chi connectivity index (χ0n) is 17.8. The smallest absolute Gasteiger partial charge is 0.309 e. The normalized spacial score (nSPS) is 18.9. The topological polar surface area (TPSA) is 76.7 Å². The molecule has 1 spiro atoms. The summed E-state index contributed by atoms with van der Waals surface area (Å²) in [7, 11) is 0. The Morgan fingerprint density at radius 2 is 1.74 bits per heavy atom. The number of anilines is 1. The average molecular weight is 426 g/mol. The monoisotopic (exact) mass is 426 g/mol. The third-order valence-electron chi connectivity index (χ3n) is 5.92. The zero-order valence-corrected chi connectivity index (χ0v) is 17.8. The molecule has 1 atom stereocenters. The van der Waals surface area contributed by atoms with Gasteiger partial charge in [0.2, 0.25) is 0 Å². The molecular weight excluding hydrogens is 399 g/mol. The number of benzene rings is 2. The fourth-order valence-electron chi connectivity index (χ4n) is 4.28. The Hall–Kier alpha value is -2.93. The number of fused-ring (bicyclic) bond motifs is 2. The molecule has 31 heavy (non-hydrogen) atoms. The Balaban J connectivity index is 1.79. The van der Waals surface area contributed by atoms with E-state index in [0.717, 1.165) is 28.8 Å². The molecule has 0 unspecified atom stereocenters. The van der Waals surface area contributed by atoms with E-state index in [4.69, 9.17) is 9.47 Å². The fraction of sp³-hybridized carbons (Fsp3) is 0.417. The SMILES string of the molecule is CCc1ccc2c(c1N[C@@H](C)c1ccc(F)cc1)CCNCC21OC(=O)CCC(=O)O1. The van der Waals surface area contributed by atoms with Gasteiger partial charge in [0, 0.05) is 17.3 Å². The van der Waals surface area contributed by atoms with Gasteiger partial charge in [-0.2, -0.15) is 0 Å². The molecule has 2 aliphatic rings. The molecule has 2 N–H and O–H groups in total. The summed E-state index contributed by atoms with van der Waals surface area (Å²) in [5.41, 5.74) is 4.65. The Morgan fingerprint density at radius 1 is 1.06 bits per heavy atom. The molecule has 2 aliphatic heterocycles. The second-order valence-electron chi connectivity index (χ2n) is 8.02. The van der Waals surface area contributed by atoms with Crippen molar-refractivity contribution in [2.24, 2.45) is 0 Å². The third kappa shape index (κ3) is 4.28. The number of rotatable bonds is 4. The molecule has 6 nitrogen and oxygen atoms in total. The third-order valence-corrected chi connectivity index (χ3v) is 5.92. The van der Waals surface area contributed by atoms with E-state index in [1.807, 2.05) is 19.1 Å². The average Bonchev–Trinajstić information content (AvgIpc) is 3.01. The first-order valence-electron chi connectivity index (χ1n) is 10.7. The minimum absolute atomic E-state index is 0.00959.